The topological polar surface area (TPSA) is 80.5 Å². The Kier molecular flexibility index (Phi) is 5.72. The van der Waals surface area contributed by atoms with Crippen molar-refractivity contribution in [2.24, 2.45) is 0 Å². The summed E-state index contributed by atoms with van der Waals surface area (Å²) in [6, 6.07) is 10.9. The number of nitriles is 1. The van der Waals surface area contributed by atoms with Crippen molar-refractivity contribution in [2.75, 3.05) is 69.7 Å². The predicted molar refractivity (Wildman–Crippen MR) is 124 cm³/mol. The highest BCUT2D eigenvalue weighted by atomic mass is 16.5. The van der Waals surface area contributed by atoms with E-state index in [4.69, 9.17) is 9.72 Å². The van der Waals surface area contributed by atoms with Gasteiger partial charge in [0.15, 0.2) is 0 Å². The lowest BCUT2D eigenvalue weighted by Crippen LogP contribution is -2.72. The summed E-state index contributed by atoms with van der Waals surface area (Å²) in [7, 11) is 2.16. The Morgan fingerprint density at radius 2 is 1.88 bits per heavy atom. The summed E-state index contributed by atoms with van der Waals surface area (Å²) in [5, 5.41) is 12.8. The Balaban J connectivity index is 1.27. The molecule has 2 aromatic rings. The standard InChI is InChI=1S/C24H31N7O/c1-18-13-26-23(27-21-5-3-19(4-6-21)20-14-32-15-20)28-22(18)30-16-24(17-30,7-8-25)31-11-9-29(2)10-12-31/h3-6,13,20H,7,9-12,14-17H2,1-2H3,(H,26,27,28). The molecule has 1 aromatic heterocycles. The Hall–Kier alpha value is -2.73. The molecule has 0 unspecified atom stereocenters. The van der Waals surface area contributed by atoms with Crippen molar-refractivity contribution in [1.82, 2.24) is 19.8 Å². The predicted octanol–water partition coefficient (Wildman–Crippen LogP) is 2.36. The van der Waals surface area contributed by atoms with Crippen LogP contribution in [0, 0.1) is 18.3 Å². The van der Waals surface area contributed by atoms with Gasteiger partial charge in [0.25, 0.3) is 0 Å². The fraction of sp³-hybridized carbons (Fsp3) is 0.542. The smallest absolute Gasteiger partial charge is 0.229 e. The van der Waals surface area contributed by atoms with E-state index in [1.807, 2.05) is 6.20 Å². The number of nitrogens with one attached hydrogen (secondary N) is 1. The monoisotopic (exact) mass is 433 g/mol. The molecule has 0 amide bonds. The normalized spacial score (nSPS) is 21.5. The summed E-state index contributed by atoms with van der Waals surface area (Å²) in [6.07, 6.45) is 2.44. The number of benzene rings is 1. The van der Waals surface area contributed by atoms with Crippen molar-refractivity contribution in [3.63, 3.8) is 0 Å². The van der Waals surface area contributed by atoms with Crippen molar-refractivity contribution >= 4 is 17.5 Å². The van der Waals surface area contributed by atoms with Gasteiger partial charge in [-0.2, -0.15) is 10.2 Å². The van der Waals surface area contributed by atoms with Gasteiger partial charge in [-0.3, -0.25) is 4.90 Å². The van der Waals surface area contributed by atoms with Crippen LogP contribution in [0.2, 0.25) is 0 Å². The third kappa shape index (κ3) is 4.04. The zero-order chi connectivity index (χ0) is 22.1. The second kappa shape index (κ2) is 8.66. The maximum absolute atomic E-state index is 9.49. The molecule has 8 nitrogen and oxygen atoms in total. The van der Waals surface area contributed by atoms with Crippen molar-refractivity contribution in [3.05, 3.63) is 41.6 Å². The van der Waals surface area contributed by atoms with Crippen LogP contribution in [0.4, 0.5) is 17.5 Å². The second-order valence-electron chi connectivity index (χ2n) is 9.39. The van der Waals surface area contributed by atoms with Crippen molar-refractivity contribution < 1.29 is 4.74 Å². The Morgan fingerprint density at radius 1 is 1.16 bits per heavy atom. The molecule has 0 spiro atoms. The van der Waals surface area contributed by atoms with E-state index in [1.165, 1.54) is 5.56 Å². The number of hydrogen-bond acceptors (Lipinski definition) is 8. The Labute approximate surface area is 189 Å². The average molecular weight is 434 g/mol. The first-order chi connectivity index (χ1) is 15.6. The Bertz CT molecular complexity index is 984. The molecular formula is C24H31N7O. The number of ether oxygens (including phenoxy) is 1. The molecule has 32 heavy (non-hydrogen) atoms. The van der Waals surface area contributed by atoms with Gasteiger partial charge in [-0.25, -0.2) is 4.98 Å². The highest BCUT2D eigenvalue weighted by Crippen LogP contribution is 2.36. The van der Waals surface area contributed by atoms with Gasteiger partial charge in [-0.1, -0.05) is 12.1 Å². The summed E-state index contributed by atoms with van der Waals surface area (Å²) >= 11 is 0. The number of aromatic nitrogens is 2. The fourth-order valence-electron chi connectivity index (χ4n) is 4.87. The van der Waals surface area contributed by atoms with Crippen LogP contribution in [0.3, 0.4) is 0 Å². The second-order valence-corrected chi connectivity index (χ2v) is 9.39. The molecule has 5 rings (SSSR count). The number of likely N-dealkylation sites (N-methyl/N-ethyl adjacent to an activating group) is 1. The van der Waals surface area contributed by atoms with Crippen LogP contribution in [0.15, 0.2) is 30.5 Å². The van der Waals surface area contributed by atoms with Gasteiger partial charge in [0, 0.05) is 62.6 Å². The van der Waals surface area contributed by atoms with Crippen LogP contribution in [-0.4, -0.2) is 84.8 Å². The average Bonchev–Trinajstić information content (AvgIpc) is 2.73. The summed E-state index contributed by atoms with van der Waals surface area (Å²) in [5.41, 5.74) is 3.27. The van der Waals surface area contributed by atoms with Crippen molar-refractivity contribution in [2.45, 2.75) is 24.8 Å². The Morgan fingerprint density at radius 3 is 2.50 bits per heavy atom. The van der Waals surface area contributed by atoms with Gasteiger partial charge in [0.05, 0.1) is 31.2 Å². The lowest BCUT2D eigenvalue weighted by Gasteiger charge is -2.57. The van der Waals surface area contributed by atoms with Crippen LogP contribution in [0.1, 0.15) is 23.5 Å². The van der Waals surface area contributed by atoms with E-state index in [9.17, 15) is 5.26 Å². The third-order valence-electron chi connectivity index (χ3n) is 7.07. The fourth-order valence-corrected chi connectivity index (χ4v) is 4.87. The first-order valence-corrected chi connectivity index (χ1v) is 11.4. The summed E-state index contributed by atoms with van der Waals surface area (Å²) in [6.45, 7) is 9.49. The highest BCUT2D eigenvalue weighted by Gasteiger charge is 2.48. The van der Waals surface area contributed by atoms with Crippen molar-refractivity contribution in [1.29, 1.82) is 5.26 Å². The molecule has 0 aliphatic carbocycles. The largest absolute Gasteiger partial charge is 0.380 e. The molecule has 168 valence electrons. The van der Waals surface area contributed by atoms with Gasteiger partial charge < -0.3 is 19.9 Å². The molecular weight excluding hydrogens is 402 g/mol. The molecule has 0 atom stereocenters. The third-order valence-corrected chi connectivity index (χ3v) is 7.07. The molecule has 3 aliphatic rings. The van der Waals surface area contributed by atoms with E-state index in [0.29, 0.717) is 18.3 Å². The molecule has 0 bridgehead atoms. The zero-order valence-corrected chi connectivity index (χ0v) is 18.9. The van der Waals surface area contributed by atoms with Crippen LogP contribution in [0.5, 0.6) is 0 Å². The maximum atomic E-state index is 9.49. The minimum Gasteiger partial charge on any atom is -0.380 e. The van der Waals surface area contributed by atoms with E-state index in [-0.39, 0.29) is 5.54 Å². The van der Waals surface area contributed by atoms with Gasteiger partial charge in [0.2, 0.25) is 5.95 Å². The number of rotatable bonds is 6. The quantitative estimate of drug-likeness (QED) is 0.744. The summed E-state index contributed by atoms with van der Waals surface area (Å²) < 4.78 is 5.29. The van der Waals surface area contributed by atoms with Gasteiger partial charge in [0.1, 0.15) is 5.82 Å². The molecule has 1 aromatic carbocycles. The number of nitrogens with zero attached hydrogens (tertiary/aromatic N) is 6. The SMILES string of the molecule is Cc1cnc(Nc2ccc(C3COC3)cc2)nc1N1CC(CC#N)(N2CCN(C)CC2)C1. The van der Waals surface area contributed by atoms with Crippen LogP contribution >= 0.6 is 0 Å². The van der Waals surface area contributed by atoms with Gasteiger partial charge in [-0.05, 0) is 31.7 Å². The number of aryl methyl sites for hydroxylation is 1. The van der Waals surface area contributed by atoms with Crippen LogP contribution in [-0.2, 0) is 4.74 Å². The molecule has 3 saturated heterocycles. The minimum atomic E-state index is -0.0674. The molecule has 0 saturated carbocycles. The minimum absolute atomic E-state index is 0.0674. The van der Waals surface area contributed by atoms with E-state index in [2.05, 4.69) is 69.3 Å². The molecule has 0 radical (unpaired) electrons. The van der Waals surface area contributed by atoms with Crippen LogP contribution in [0.25, 0.3) is 0 Å². The lowest BCUT2D eigenvalue weighted by atomic mass is 9.84. The molecule has 3 aliphatic heterocycles. The first-order valence-electron chi connectivity index (χ1n) is 11.4. The van der Waals surface area contributed by atoms with E-state index in [1.54, 1.807) is 0 Å². The van der Waals surface area contributed by atoms with Gasteiger partial charge >= 0.3 is 0 Å². The summed E-state index contributed by atoms with van der Waals surface area (Å²) in [5.74, 6) is 2.07. The van der Waals surface area contributed by atoms with E-state index in [0.717, 1.165) is 69.6 Å². The van der Waals surface area contributed by atoms with Gasteiger partial charge in [-0.15, -0.1) is 0 Å². The van der Waals surface area contributed by atoms with E-state index >= 15 is 0 Å². The zero-order valence-electron chi connectivity index (χ0n) is 18.9. The summed E-state index contributed by atoms with van der Waals surface area (Å²) in [4.78, 5) is 16.5. The number of piperazine rings is 1. The highest BCUT2D eigenvalue weighted by molar-refractivity contribution is 5.58. The van der Waals surface area contributed by atoms with Crippen LogP contribution < -0.4 is 10.2 Å². The number of hydrogen-bond donors (Lipinski definition) is 1. The number of anilines is 3. The molecule has 8 heteroatoms. The van der Waals surface area contributed by atoms with Crippen molar-refractivity contribution in [3.8, 4) is 6.07 Å². The maximum Gasteiger partial charge on any atom is 0.229 e. The molecule has 4 heterocycles. The lowest BCUT2D eigenvalue weighted by molar-refractivity contribution is 0.00843. The van der Waals surface area contributed by atoms with E-state index < -0.39 is 0 Å². The molecule has 1 N–H and O–H groups in total. The first kappa shape index (κ1) is 21.1. The molecule has 3 fully saturated rings.